The Labute approximate surface area is 122 Å². The predicted octanol–water partition coefficient (Wildman–Crippen LogP) is 2.86. The van der Waals surface area contributed by atoms with Gasteiger partial charge in [0.1, 0.15) is 5.75 Å². The zero-order chi connectivity index (χ0) is 14.5. The van der Waals surface area contributed by atoms with Crippen LogP contribution in [0.3, 0.4) is 0 Å². The molecule has 4 nitrogen and oxygen atoms in total. The number of aliphatic hydroxyl groups is 1. The molecule has 2 N–H and O–H groups in total. The molecule has 0 aliphatic rings. The molecule has 104 valence electrons. The molecule has 2 rings (SSSR count). The highest BCUT2D eigenvalue weighted by molar-refractivity contribution is 6.31. The topological polar surface area (TPSA) is 65.7 Å². The number of benzene rings is 1. The minimum Gasteiger partial charge on any atom is -0.505 e. The van der Waals surface area contributed by atoms with Crippen LogP contribution >= 0.6 is 11.6 Å². The molecule has 0 amide bonds. The number of pyridine rings is 1. The Bertz CT molecular complexity index is 642. The van der Waals surface area contributed by atoms with Crippen molar-refractivity contribution in [2.24, 2.45) is 4.99 Å². The van der Waals surface area contributed by atoms with Gasteiger partial charge < -0.3 is 10.2 Å². The van der Waals surface area contributed by atoms with Gasteiger partial charge in [0, 0.05) is 28.6 Å². The Hall–Kier alpha value is -1.91. The quantitative estimate of drug-likeness (QED) is 0.851. The van der Waals surface area contributed by atoms with E-state index in [0.717, 1.165) is 5.56 Å². The van der Waals surface area contributed by atoms with Crippen molar-refractivity contribution in [3.63, 3.8) is 0 Å². The number of aromatic hydroxyl groups is 1. The number of hydrogen-bond donors (Lipinski definition) is 2. The zero-order valence-electron chi connectivity index (χ0n) is 11.0. The lowest BCUT2D eigenvalue weighted by molar-refractivity contribution is 0.280. The molecule has 1 aromatic heterocycles. The van der Waals surface area contributed by atoms with Gasteiger partial charge in [-0.25, -0.2) is 0 Å². The molecule has 0 fully saturated rings. The highest BCUT2D eigenvalue weighted by atomic mass is 35.5. The minimum atomic E-state index is -0.200. The summed E-state index contributed by atoms with van der Waals surface area (Å²) >= 11 is 6.05. The van der Waals surface area contributed by atoms with Gasteiger partial charge in [-0.05, 0) is 18.6 Å². The van der Waals surface area contributed by atoms with E-state index in [4.69, 9.17) is 11.6 Å². The largest absolute Gasteiger partial charge is 0.505 e. The fraction of sp³-hybridized carbons (Fsp3) is 0.200. The molecule has 0 aliphatic heterocycles. The third-order valence-electron chi connectivity index (χ3n) is 2.97. The Balaban J connectivity index is 2.24. The van der Waals surface area contributed by atoms with Crippen molar-refractivity contribution in [2.45, 2.75) is 20.1 Å². The smallest absolute Gasteiger partial charge is 0.145 e. The first-order valence-corrected chi connectivity index (χ1v) is 6.52. The Kier molecular flexibility index (Phi) is 4.71. The van der Waals surface area contributed by atoms with Gasteiger partial charge in [0.2, 0.25) is 0 Å². The van der Waals surface area contributed by atoms with Crippen LogP contribution in [0.5, 0.6) is 5.75 Å². The lowest BCUT2D eigenvalue weighted by Gasteiger charge is -2.07. The first-order valence-electron chi connectivity index (χ1n) is 6.15. The molecular weight excluding hydrogens is 276 g/mol. The van der Waals surface area contributed by atoms with E-state index in [1.807, 2.05) is 18.2 Å². The summed E-state index contributed by atoms with van der Waals surface area (Å²) in [5, 5.41) is 19.9. The van der Waals surface area contributed by atoms with Crippen LogP contribution in [0.1, 0.15) is 22.4 Å². The normalized spacial score (nSPS) is 11.2. The lowest BCUT2D eigenvalue weighted by atomic mass is 10.1. The second kappa shape index (κ2) is 6.50. The van der Waals surface area contributed by atoms with Crippen molar-refractivity contribution >= 4 is 17.8 Å². The Morgan fingerprint density at radius 1 is 1.30 bits per heavy atom. The van der Waals surface area contributed by atoms with Crippen molar-refractivity contribution < 1.29 is 10.2 Å². The minimum absolute atomic E-state index is 0.0412. The number of nitrogens with zero attached hydrogens (tertiary/aromatic N) is 2. The van der Waals surface area contributed by atoms with Crippen LogP contribution < -0.4 is 0 Å². The highest BCUT2D eigenvalue weighted by Gasteiger charge is 2.09. The standard InChI is InChI=1S/C15H15ClN2O2/c1-10-15(20)13(12(9-19)7-18-10)8-17-6-11-4-2-3-5-14(11)16/h2-5,7-8,19-20H,6,9H2,1H3. The predicted molar refractivity (Wildman–Crippen MR) is 79.3 cm³/mol. The fourth-order valence-corrected chi connectivity index (χ4v) is 1.98. The average Bonchev–Trinajstić information content (AvgIpc) is 2.45. The summed E-state index contributed by atoms with van der Waals surface area (Å²) in [6.07, 6.45) is 3.07. The molecule has 1 heterocycles. The number of aryl methyl sites for hydroxylation is 1. The van der Waals surface area contributed by atoms with Crippen LogP contribution in [0.2, 0.25) is 5.02 Å². The van der Waals surface area contributed by atoms with E-state index in [1.165, 1.54) is 6.20 Å². The van der Waals surface area contributed by atoms with Gasteiger partial charge in [-0.3, -0.25) is 9.98 Å². The third-order valence-corrected chi connectivity index (χ3v) is 3.34. The van der Waals surface area contributed by atoms with Crippen LogP contribution in [-0.2, 0) is 13.2 Å². The van der Waals surface area contributed by atoms with Gasteiger partial charge in [-0.15, -0.1) is 0 Å². The van der Waals surface area contributed by atoms with Crippen LogP contribution in [0.15, 0.2) is 35.5 Å². The van der Waals surface area contributed by atoms with E-state index >= 15 is 0 Å². The molecule has 20 heavy (non-hydrogen) atoms. The molecule has 1 aromatic carbocycles. The van der Waals surface area contributed by atoms with E-state index < -0.39 is 0 Å². The van der Waals surface area contributed by atoms with Crippen molar-refractivity contribution in [3.8, 4) is 5.75 Å². The van der Waals surface area contributed by atoms with E-state index in [9.17, 15) is 10.2 Å². The fourth-order valence-electron chi connectivity index (χ4n) is 1.78. The maximum absolute atomic E-state index is 9.97. The molecule has 0 saturated carbocycles. The molecule has 2 aromatic rings. The van der Waals surface area contributed by atoms with Gasteiger partial charge in [0.05, 0.1) is 18.8 Å². The summed E-state index contributed by atoms with van der Waals surface area (Å²) in [6, 6.07) is 7.45. The zero-order valence-corrected chi connectivity index (χ0v) is 11.8. The molecule has 0 spiro atoms. The van der Waals surface area contributed by atoms with Crippen molar-refractivity contribution in [1.29, 1.82) is 0 Å². The number of halogens is 1. The van der Waals surface area contributed by atoms with E-state index in [2.05, 4.69) is 9.98 Å². The summed E-state index contributed by atoms with van der Waals surface area (Å²) < 4.78 is 0. The second-order valence-electron chi connectivity index (χ2n) is 4.35. The summed E-state index contributed by atoms with van der Waals surface area (Å²) in [5.74, 6) is 0.0412. The number of rotatable bonds is 4. The summed E-state index contributed by atoms with van der Waals surface area (Å²) in [4.78, 5) is 8.27. The maximum atomic E-state index is 9.97. The van der Waals surface area contributed by atoms with E-state index in [-0.39, 0.29) is 12.4 Å². The van der Waals surface area contributed by atoms with Crippen LogP contribution in [0, 0.1) is 6.92 Å². The molecule has 5 heteroatoms. The van der Waals surface area contributed by atoms with Crippen molar-refractivity contribution in [3.05, 3.63) is 57.9 Å². The van der Waals surface area contributed by atoms with E-state index in [1.54, 1.807) is 19.2 Å². The van der Waals surface area contributed by atoms with Gasteiger partial charge in [-0.1, -0.05) is 29.8 Å². The molecule has 0 unspecified atom stereocenters. The number of aromatic nitrogens is 1. The molecule has 0 radical (unpaired) electrons. The van der Waals surface area contributed by atoms with Crippen LogP contribution in [0.25, 0.3) is 0 Å². The molecule has 0 atom stereocenters. The third kappa shape index (κ3) is 3.15. The molecule has 0 saturated heterocycles. The first kappa shape index (κ1) is 14.5. The summed E-state index contributed by atoms with van der Waals surface area (Å²) in [7, 11) is 0. The Morgan fingerprint density at radius 2 is 2.05 bits per heavy atom. The average molecular weight is 291 g/mol. The number of aliphatic imine (C=N–C) groups is 1. The van der Waals surface area contributed by atoms with Gasteiger partial charge >= 0.3 is 0 Å². The second-order valence-corrected chi connectivity index (χ2v) is 4.76. The lowest BCUT2D eigenvalue weighted by Crippen LogP contribution is -1.98. The summed E-state index contributed by atoms with van der Waals surface area (Å²) in [6.45, 7) is 1.90. The molecular formula is C15H15ClN2O2. The van der Waals surface area contributed by atoms with Gasteiger partial charge in [-0.2, -0.15) is 0 Å². The monoisotopic (exact) mass is 290 g/mol. The van der Waals surface area contributed by atoms with Crippen molar-refractivity contribution in [2.75, 3.05) is 0 Å². The van der Waals surface area contributed by atoms with Gasteiger partial charge in [0.15, 0.2) is 0 Å². The van der Waals surface area contributed by atoms with E-state index in [0.29, 0.717) is 28.4 Å². The van der Waals surface area contributed by atoms with Crippen molar-refractivity contribution in [1.82, 2.24) is 4.98 Å². The maximum Gasteiger partial charge on any atom is 0.145 e. The molecule has 0 bridgehead atoms. The van der Waals surface area contributed by atoms with Crippen LogP contribution in [0.4, 0.5) is 0 Å². The molecule has 0 aliphatic carbocycles. The Morgan fingerprint density at radius 3 is 2.75 bits per heavy atom. The SMILES string of the molecule is Cc1ncc(CO)c(C=NCc2ccccc2Cl)c1O. The summed E-state index contributed by atoms with van der Waals surface area (Å²) in [5.41, 5.74) is 2.44. The first-order chi connectivity index (χ1) is 9.63. The van der Waals surface area contributed by atoms with Crippen LogP contribution in [-0.4, -0.2) is 21.4 Å². The van der Waals surface area contributed by atoms with Gasteiger partial charge in [0.25, 0.3) is 0 Å². The highest BCUT2D eigenvalue weighted by Crippen LogP contribution is 2.22. The number of hydrogen-bond acceptors (Lipinski definition) is 4. The number of aliphatic hydroxyl groups excluding tert-OH is 1.